The molecular formula is C10H17NO2. The summed E-state index contributed by atoms with van der Waals surface area (Å²) in [5.74, 6) is 0. The summed E-state index contributed by atoms with van der Waals surface area (Å²) in [6.45, 7) is 5.04. The molecule has 74 valence electrons. The van der Waals surface area contributed by atoms with Crippen LogP contribution in [0.5, 0.6) is 0 Å². The molecule has 1 N–H and O–H groups in total. The van der Waals surface area contributed by atoms with Gasteiger partial charge in [-0.25, -0.2) is 4.79 Å². The van der Waals surface area contributed by atoms with Gasteiger partial charge in [-0.1, -0.05) is 19.1 Å². The Morgan fingerprint density at radius 1 is 1.69 bits per heavy atom. The van der Waals surface area contributed by atoms with Crippen LogP contribution >= 0.6 is 0 Å². The first-order chi connectivity index (χ1) is 6.16. The van der Waals surface area contributed by atoms with Crippen LogP contribution in [0.15, 0.2) is 12.2 Å². The molecule has 0 saturated carbocycles. The SMILES string of the molecule is CCOC(=O)NCC1(C)C=CCC1. The fourth-order valence-corrected chi connectivity index (χ4v) is 1.47. The fraction of sp³-hybridized carbons (Fsp3) is 0.700. The van der Waals surface area contributed by atoms with Gasteiger partial charge in [0.15, 0.2) is 0 Å². The zero-order valence-electron chi connectivity index (χ0n) is 8.30. The lowest BCUT2D eigenvalue weighted by atomic mass is 9.90. The number of amides is 1. The molecule has 0 heterocycles. The topological polar surface area (TPSA) is 38.3 Å². The second-order valence-corrected chi connectivity index (χ2v) is 3.67. The Balaban J connectivity index is 2.25. The third-order valence-electron chi connectivity index (χ3n) is 2.31. The number of allylic oxidation sites excluding steroid dienone is 1. The lowest BCUT2D eigenvalue weighted by molar-refractivity contribution is 0.148. The third-order valence-corrected chi connectivity index (χ3v) is 2.31. The van der Waals surface area contributed by atoms with Crippen LogP contribution in [-0.4, -0.2) is 19.2 Å². The number of rotatable bonds is 3. The van der Waals surface area contributed by atoms with Crippen molar-refractivity contribution in [1.82, 2.24) is 5.32 Å². The molecule has 3 heteroatoms. The van der Waals surface area contributed by atoms with E-state index < -0.39 is 0 Å². The van der Waals surface area contributed by atoms with Gasteiger partial charge in [0.05, 0.1) is 6.61 Å². The van der Waals surface area contributed by atoms with Gasteiger partial charge in [0.1, 0.15) is 0 Å². The zero-order chi connectivity index (χ0) is 9.73. The Morgan fingerprint density at radius 3 is 3.00 bits per heavy atom. The maximum atomic E-state index is 11.0. The van der Waals surface area contributed by atoms with Crippen LogP contribution in [0.25, 0.3) is 0 Å². The number of nitrogens with one attached hydrogen (secondary N) is 1. The van der Waals surface area contributed by atoms with Crippen LogP contribution in [0.4, 0.5) is 4.79 Å². The first kappa shape index (κ1) is 10.1. The molecule has 1 aliphatic carbocycles. The first-order valence-electron chi connectivity index (χ1n) is 4.74. The molecule has 0 aromatic carbocycles. The Bertz CT molecular complexity index is 213. The second kappa shape index (κ2) is 4.30. The van der Waals surface area contributed by atoms with Crippen molar-refractivity contribution >= 4 is 6.09 Å². The Kier molecular flexibility index (Phi) is 3.34. The van der Waals surface area contributed by atoms with Crippen LogP contribution in [0.1, 0.15) is 26.7 Å². The summed E-state index contributed by atoms with van der Waals surface area (Å²) >= 11 is 0. The van der Waals surface area contributed by atoms with Gasteiger partial charge in [-0.3, -0.25) is 0 Å². The lowest BCUT2D eigenvalue weighted by Gasteiger charge is -2.21. The third kappa shape index (κ3) is 3.09. The Labute approximate surface area is 79.2 Å². The number of carbonyl (C=O) groups is 1. The molecule has 0 radical (unpaired) electrons. The fourth-order valence-electron chi connectivity index (χ4n) is 1.47. The summed E-state index contributed by atoms with van der Waals surface area (Å²) in [6.07, 6.45) is 6.23. The molecule has 0 aromatic heterocycles. The lowest BCUT2D eigenvalue weighted by Crippen LogP contribution is -2.33. The largest absolute Gasteiger partial charge is 0.450 e. The van der Waals surface area contributed by atoms with E-state index >= 15 is 0 Å². The van der Waals surface area contributed by atoms with E-state index in [0.717, 1.165) is 12.8 Å². The molecule has 13 heavy (non-hydrogen) atoms. The summed E-state index contributed by atoms with van der Waals surface area (Å²) in [5.41, 5.74) is 0.132. The molecule has 0 saturated heterocycles. The average Bonchev–Trinajstić information content (AvgIpc) is 2.51. The van der Waals surface area contributed by atoms with E-state index in [1.165, 1.54) is 0 Å². The van der Waals surface area contributed by atoms with E-state index in [2.05, 4.69) is 24.4 Å². The molecule has 3 nitrogen and oxygen atoms in total. The van der Waals surface area contributed by atoms with Gasteiger partial charge in [0, 0.05) is 12.0 Å². The minimum Gasteiger partial charge on any atom is -0.450 e. The van der Waals surface area contributed by atoms with Crippen molar-refractivity contribution in [2.45, 2.75) is 26.7 Å². The predicted molar refractivity (Wildman–Crippen MR) is 51.5 cm³/mol. The Hall–Kier alpha value is -0.990. The van der Waals surface area contributed by atoms with Crippen molar-refractivity contribution in [1.29, 1.82) is 0 Å². The van der Waals surface area contributed by atoms with Gasteiger partial charge < -0.3 is 10.1 Å². The van der Waals surface area contributed by atoms with E-state index in [0.29, 0.717) is 13.2 Å². The van der Waals surface area contributed by atoms with Gasteiger partial charge in [-0.2, -0.15) is 0 Å². The van der Waals surface area contributed by atoms with Crippen molar-refractivity contribution < 1.29 is 9.53 Å². The molecule has 1 atom stereocenters. The maximum absolute atomic E-state index is 11.0. The monoisotopic (exact) mass is 183 g/mol. The second-order valence-electron chi connectivity index (χ2n) is 3.67. The molecular weight excluding hydrogens is 166 g/mol. The van der Waals surface area contributed by atoms with E-state index in [1.54, 1.807) is 6.92 Å². The van der Waals surface area contributed by atoms with Gasteiger partial charge in [-0.15, -0.1) is 0 Å². The summed E-state index contributed by atoms with van der Waals surface area (Å²) < 4.78 is 4.77. The first-order valence-corrected chi connectivity index (χ1v) is 4.74. The van der Waals surface area contributed by atoms with Crippen molar-refractivity contribution in [3.8, 4) is 0 Å². The Morgan fingerprint density at radius 2 is 2.46 bits per heavy atom. The molecule has 1 aliphatic rings. The van der Waals surface area contributed by atoms with E-state index in [4.69, 9.17) is 4.74 Å². The molecule has 0 fully saturated rings. The van der Waals surface area contributed by atoms with Crippen molar-refractivity contribution in [2.24, 2.45) is 5.41 Å². The number of hydrogen-bond acceptors (Lipinski definition) is 2. The molecule has 1 amide bonds. The molecule has 1 rings (SSSR count). The van der Waals surface area contributed by atoms with Crippen LogP contribution in [0.2, 0.25) is 0 Å². The highest BCUT2D eigenvalue weighted by Gasteiger charge is 2.24. The van der Waals surface area contributed by atoms with Gasteiger partial charge in [0.2, 0.25) is 0 Å². The van der Waals surface area contributed by atoms with Crippen molar-refractivity contribution in [3.05, 3.63) is 12.2 Å². The van der Waals surface area contributed by atoms with Gasteiger partial charge in [0.25, 0.3) is 0 Å². The van der Waals surface area contributed by atoms with E-state index in [9.17, 15) is 4.79 Å². The smallest absolute Gasteiger partial charge is 0.407 e. The summed E-state index contributed by atoms with van der Waals surface area (Å²) in [4.78, 5) is 11.0. The standard InChI is InChI=1S/C10H17NO2/c1-3-13-9(12)11-8-10(2)6-4-5-7-10/h4,6H,3,5,7-8H2,1-2H3,(H,11,12). The number of carbonyl (C=O) groups excluding carboxylic acids is 1. The van der Waals surface area contributed by atoms with Crippen LogP contribution in [0, 0.1) is 5.41 Å². The summed E-state index contributed by atoms with van der Waals surface area (Å²) in [5, 5.41) is 2.75. The molecule has 0 aliphatic heterocycles. The molecule has 0 spiro atoms. The van der Waals surface area contributed by atoms with Crippen LogP contribution in [-0.2, 0) is 4.74 Å². The molecule has 0 aromatic rings. The average molecular weight is 183 g/mol. The summed E-state index contributed by atoms with van der Waals surface area (Å²) in [7, 11) is 0. The highest BCUT2D eigenvalue weighted by molar-refractivity contribution is 5.67. The maximum Gasteiger partial charge on any atom is 0.407 e. The molecule has 0 bridgehead atoms. The minimum absolute atomic E-state index is 0.132. The quantitative estimate of drug-likeness (QED) is 0.680. The summed E-state index contributed by atoms with van der Waals surface area (Å²) in [6, 6.07) is 0. The number of alkyl carbamates (subject to hydrolysis) is 1. The van der Waals surface area contributed by atoms with Gasteiger partial charge >= 0.3 is 6.09 Å². The normalized spacial score (nSPS) is 26.0. The minimum atomic E-state index is -0.316. The number of ether oxygens (including phenoxy) is 1. The van der Waals surface area contributed by atoms with Crippen LogP contribution < -0.4 is 5.32 Å². The predicted octanol–water partition coefficient (Wildman–Crippen LogP) is 2.09. The highest BCUT2D eigenvalue weighted by atomic mass is 16.5. The van der Waals surface area contributed by atoms with Crippen LogP contribution in [0.3, 0.4) is 0 Å². The van der Waals surface area contributed by atoms with Crippen molar-refractivity contribution in [2.75, 3.05) is 13.2 Å². The van der Waals surface area contributed by atoms with Crippen molar-refractivity contribution in [3.63, 3.8) is 0 Å². The number of hydrogen-bond donors (Lipinski definition) is 1. The van der Waals surface area contributed by atoms with E-state index in [1.807, 2.05) is 0 Å². The van der Waals surface area contributed by atoms with Gasteiger partial charge in [-0.05, 0) is 19.8 Å². The molecule has 1 unspecified atom stereocenters. The zero-order valence-corrected chi connectivity index (χ0v) is 8.30. The van der Waals surface area contributed by atoms with E-state index in [-0.39, 0.29) is 11.5 Å². The highest BCUT2D eigenvalue weighted by Crippen LogP contribution is 2.30.